The molecule has 5 nitrogen and oxygen atoms in total. The van der Waals surface area contributed by atoms with Gasteiger partial charge in [0.15, 0.2) is 0 Å². The molecule has 114 valence electrons. The lowest BCUT2D eigenvalue weighted by molar-refractivity contribution is 0.966. The number of halogens is 1. The first kappa shape index (κ1) is 14.3. The van der Waals surface area contributed by atoms with Crippen molar-refractivity contribution in [1.82, 2.24) is 14.5 Å². The number of nitrogens with zero attached hydrogens (tertiary/aromatic N) is 3. The van der Waals surface area contributed by atoms with Crippen LogP contribution >= 0.6 is 27.3 Å². The summed E-state index contributed by atoms with van der Waals surface area (Å²) in [5.74, 6) is 0. The van der Waals surface area contributed by atoms with E-state index < -0.39 is 0 Å². The van der Waals surface area contributed by atoms with Crippen molar-refractivity contribution in [2.75, 3.05) is 12.4 Å². The Bertz CT molecular complexity index is 1100. The Labute approximate surface area is 143 Å². The molecule has 1 N–H and O–H groups in total. The van der Waals surface area contributed by atoms with Gasteiger partial charge in [-0.05, 0) is 24.3 Å². The number of nitrogens with one attached hydrogen (secondary N) is 1. The molecule has 0 unspecified atom stereocenters. The number of fused-ring (bicyclic) bond motifs is 3. The number of hydrogen-bond donors (Lipinski definition) is 1. The van der Waals surface area contributed by atoms with E-state index in [2.05, 4.69) is 31.2 Å². The molecule has 1 aromatic carbocycles. The Balaban J connectivity index is 2.07. The van der Waals surface area contributed by atoms with Crippen molar-refractivity contribution in [1.29, 1.82) is 0 Å². The zero-order valence-electron chi connectivity index (χ0n) is 12.1. The minimum Gasteiger partial charge on any atom is -0.387 e. The number of pyridine rings is 1. The molecule has 3 aromatic heterocycles. The van der Waals surface area contributed by atoms with Gasteiger partial charge in [-0.15, -0.1) is 11.3 Å². The summed E-state index contributed by atoms with van der Waals surface area (Å²) in [5.41, 5.74) is 2.31. The van der Waals surface area contributed by atoms with E-state index >= 15 is 0 Å². The number of aromatic nitrogens is 3. The fourth-order valence-electron chi connectivity index (χ4n) is 2.57. The normalized spacial score (nSPS) is 11.2. The second-order valence-electron chi connectivity index (χ2n) is 4.97. The maximum Gasteiger partial charge on any atom is 0.275 e. The summed E-state index contributed by atoms with van der Waals surface area (Å²) in [6.45, 7) is 0. The molecule has 4 aromatic rings. The van der Waals surface area contributed by atoms with Gasteiger partial charge in [-0.25, -0.2) is 9.97 Å². The number of rotatable bonds is 2. The molecule has 0 aliphatic carbocycles. The zero-order chi connectivity index (χ0) is 16.0. The Kier molecular flexibility index (Phi) is 3.39. The van der Waals surface area contributed by atoms with E-state index in [1.54, 1.807) is 17.1 Å². The van der Waals surface area contributed by atoms with Gasteiger partial charge < -0.3 is 5.32 Å². The summed E-state index contributed by atoms with van der Waals surface area (Å²) in [4.78, 5) is 22.6. The van der Waals surface area contributed by atoms with E-state index in [0.717, 1.165) is 26.1 Å². The van der Waals surface area contributed by atoms with Gasteiger partial charge in [0.2, 0.25) is 0 Å². The lowest BCUT2D eigenvalue weighted by Gasteiger charge is -2.05. The summed E-state index contributed by atoms with van der Waals surface area (Å²) >= 11 is 4.80. The first-order chi connectivity index (χ1) is 11.2. The van der Waals surface area contributed by atoms with Crippen molar-refractivity contribution < 1.29 is 0 Å². The van der Waals surface area contributed by atoms with Gasteiger partial charge in [0.1, 0.15) is 15.9 Å². The Morgan fingerprint density at radius 3 is 2.91 bits per heavy atom. The van der Waals surface area contributed by atoms with Gasteiger partial charge in [-0.2, -0.15) is 0 Å². The summed E-state index contributed by atoms with van der Waals surface area (Å²) in [7, 11) is 1.85. The van der Waals surface area contributed by atoms with Gasteiger partial charge in [-0.1, -0.05) is 22.0 Å². The quantitative estimate of drug-likeness (QED) is 0.569. The largest absolute Gasteiger partial charge is 0.387 e. The van der Waals surface area contributed by atoms with Crippen molar-refractivity contribution in [3.05, 3.63) is 57.7 Å². The molecule has 0 saturated carbocycles. The fraction of sp³-hybridized carbons (Fsp3) is 0.0625. The van der Waals surface area contributed by atoms with Gasteiger partial charge in [0.05, 0.1) is 16.6 Å². The van der Waals surface area contributed by atoms with Gasteiger partial charge in [0, 0.05) is 23.4 Å². The van der Waals surface area contributed by atoms with E-state index in [0.29, 0.717) is 10.2 Å². The number of hydrogen-bond acceptors (Lipinski definition) is 5. The topological polar surface area (TPSA) is 59.8 Å². The van der Waals surface area contributed by atoms with Crippen LogP contribution in [0.4, 0.5) is 5.69 Å². The highest BCUT2D eigenvalue weighted by Crippen LogP contribution is 2.33. The van der Waals surface area contributed by atoms with E-state index in [-0.39, 0.29) is 5.56 Å². The van der Waals surface area contributed by atoms with E-state index in [4.69, 9.17) is 0 Å². The molecule has 0 amide bonds. The average Bonchev–Trinajstić information content (AvgIpc) is 2.95. The third-order valence-electron chi connectivity index (χ3n) is 3.64. The maximum absolute atomic E-state index is 12.9. The van der Waals surface area contributed by atoms with Crippen LogP contribution in [0.5, 0.6) is 0 Å². The molecule has 4 rings (SSSR count). The lowest BCUT2D eigenvalue weighted by Crippen LogP contribution is -2.17. The predicted octanol–water partition coefficient (Wildman–Crippen LogP) is 3.80. The fourth-order valence-corrected chi connectivity index (χ4v) is 4.01. The molecule has 0 spiro atoms. The second kappa shape index (κ2) is 5.43. The van der Waals surface area contributed by atoms with Crippen molar-refractivity contribution in [3.63, 3.8) is 0 Å². The standard InChI is InChI=1S/C16H11BrN4OS/c1-18-11-5-6-19-15-12(11)13-14(23-15)16(22)21(8-20-13)10-4-2-3-9(17)7-10/h2-8H,1H3,(H,18,19). The van der Waals surface area contributed by atoms with Crippen LogP contribution < -0.4 is 10.9 Å². The van der Waals surface area contributed by atoms with Crippen LogP contribution in [0, 0.1) is 0 Å². The molecule has 23 heavy (non-hydrogen) atoms. The molecule has 0 aliphatic heterocycles. The maximum atomic E-state index is 12.9. The van der Waals surface area contributed by atoms with Crippen LogP contribution in [0.3, 0.4) is 0 Å². The number of anilines is 1. The molecular weight excluding hydrogens is 376 g/mol. The molecule has 0 bridgehead atoms. The SMILES string of the molecule is CNc1ccnc2sc3c(=O)n(-c4cccc(Br)c4)cnc3c12. The van der Waals surface area contributed by atoms with Crippen molar-refractivity contribution >= 4 is 53.4 Å². The molecule has 0 aliphatic rings. The Morgan fingerprint density at radius 2 is 2.13 bits per heavy atom. The summed E-state index contributed by atoms with van der Waals surface area (Å²) < 4.78 is 3.08. The zero-order valence-corrected chi connectivity index (χ0v) is 14.5. The highest BCUT2D eigenvalue weighted by Gasteiger charge is 2.15. The molecular formula is C16H11BrN4OS. The first-order valence-electron chi connectivity index (χ1n) is 6.91. The summed E-state index contributed by atoms with van der Waals surface area (Å²) in [6, 6.07) is 9.46. The highest BCUT2D eigenvalue weighted by atomic mass is 79.9. The van der Waals surface area contributed by atoms with Crippen LogP contribution in [0.1, 0.15) is 0 Å². The van der Waals surface area contributed by atoms with Gasteiger partial charge in [-0.3, -0.25) is 9.36 Å². The Hall–Kier alpha value is -2.25. The van der Waals surface area contributed by atoms with E-state index in [1.165, 1.54) is 11.3 Å². The number of benzene rings is 1. The smallest absolute Gasteiger partial charge is 0.275 e. The third kappa shape index (κ3) is 2.24. The lowest BCUT2D eigenvalue weighted by atomic mass is 10.2. The van der Waals surface area contributed by atoms with Crippen LogP contribution in [-0.4, -0.2) is 21.6 Å². The van der Waals surface area contributed by atoms with Gasteiger partial charge >= 0.3 is 0 Å². The average molecular weight is 387 g/mol. The molecule has 0 saturated heterocycles. The number of thiophene rings is 1. The monoisotopic (exact) mass is 386 g/mol. The van der Waals surface area contributed by atoms with Crippen molar-refractivity contribution in [2.24, 2.45) is 0 Å². The van der Waals surface area contributed by atoms with E-state index in [9.17, 15) is 4.79 Å². The summed E-state index contributed by atoms with van der Waals surface area (Å²) in [6.07, 6.45) is 3.31. The molecule has 7 heteroatoms. The minimum absolute atomic E-state index is 0.0850. The molecule has 0 atom stereocenters. The predicted molar refractivity (Wildman–Crippen MR) is 97.8 cm³/mol. The second-order valence-corrected chi connectivity index (χ2v) is 6.88. The van der Waals surface area contributed by atoms with Crippen LogP contribution in [0.25, 0.3) is 26.1 Å². The van der Waals surface area contributed by atoms with Crippen LogP contribution in [0.15, 0.2) is 52.1 Å². The van der Waals surface area contributed by atoms with Crippen molar-refractivity contribution in [2.45, 2.75) is 0 Å². The molecule has 0 fully saturated rings. The summed E-state index contributed by atoms with van der Waals surface area (Å²) in [5, 5.41) is 4.03. The van der Waals surface area contributed by atoms with Crippen LogP contribution in [-0.2, 0) is 0 Å². The Morgan fingerprint density at radius 1 is 1.26 bits per heavy atom. The first-order valence-corrected chi connectivity index (χ1v) is 8.52. The van der Waals surface area contributed by atoms with Crippen LogP contribution in [0.2, 0.25) is 0 Å². The minimum atomic E-state index is -0.0850. The third-order valence-corrected chi connectivity index (χ3v) is 5.21. The van der Waals surface area contributed by atoms with E-state index in [1.807, 2.05) is 37.4 Å². The van der Waals surface area contributed by atoms with Crippen molar-refractivity contribution in [3.8, 4) is 5.69 Å². The highest BCUT2D eigenvalue weighted by molar-refractivity contribution is 9.10. The molecule has 3 heterocycles. The van der Waals surface area contributed by atoms with Gasteiger partial charge in [0.25, 0.3) is 5.56 Å². The molecule has 0 radical (unpaired) electrons.